The number of rotatable bonds is 4. The number of hydrogen-bond donors (Lipinski definition) is 2. The van der Waals surface area contributed by atoms with Gasteiger partial charge in [0.2, 0.25) is 5.91 Å². The van der Waals surface area contributed by atoms with E-state index < -0.39 is 5.91 Å². The number of carbonyl (C=O) groups excluding carboxylic acids is 2. The van der Waals surface area contributed by atoms with Crippen LogP contribution in [-0.2, 0) is 11.3 Å². The van der Waals surface area contributed by atoms with Gasteiger partial charge in [-0.3, -0.25) is 14.3 Å². The third-order valence-electron chi connectivity index (χ3n) is 2.79. The topological polar surface area (TPSA) is 90.0 Å². The molecule has 0 aliphatic carbocycles. The van der Waals surface area contributed by atoms with E-state index in [0.29, 0.717) is 11.3 Å². The summed E-state index contributed by atoms with van der Waals surface area (Å²) in [6, 6.07) is 6.90. The van der Waals surface area contributed by atoms with E-state index in [1.165, 1.54) is 4.68 Å². The molecule has 0 spiro atoms. The minimum absolute atomic E-state index is 0.0833. The first-order chi connectivity index (χ1) is 9.45. The van der Waals surface area contributed by atoms with Crippen LogP contribution in [0.25, 0.3) is 0 Å². The SMILES string of the molecule is Cc1ccc(C(N)=O)c(NC(=O)Cn2ccc(C)n2)c1. The smallest absolute Gasteiger partial charge is 0.250 e. The molecule has 1 aromatic carbocycles. The molecule has 3 N–H and O–H groups in total. The Kier molecular flexibility index (Phi) is 3.84. The second-order valence-electron chi connectivity index (χ2n) is 4.62. The van der Waals surface area contributed by atoms with Crippen molar-refractivity contribution in [1.82, 2.24) is 9.78 Å². The van der Waals surface area contributed by atoms with E-state index in [9.17, 15) is 9.59 Å². The van der Waals surface area contributed by atoms with E-state index in [0.717, 1.165) is 11.3 Å². The van der Waals surface area contributed by atoms with Gasteiger partial charge in [0.15, 0.2) is 0 Å². The Labute approximate surface area is 116 Å². The second-order valence-corrected chi connectivity index (χ2v) is 4.62. The number of amides is 2. The molecule has 1 aromatic heterocycles. The monoisotopic (exact) mass is 272 g/mol. The number of nitrogens with one attached hydrogen (secondary N) is 1. The average molecular weight is 272 g/mol. The summed E-state index contributed by atoms with van der Waals surface area (Å²) < 4.78 is 1.53. The van der Waals surface area contributed by atoms with Gasteiger partial charge in [-0.15, -0.1) is 0 Å². The van der Waals surface area contributed by atoms with Gasteiger partial charge in [-0.1, -0.05) is 6.07 Å². The van der Waals surface area contributed by atoms with Crippen LogP contribution in [0.2, 0.25) is 0 Å². The van der Waals surface area contributed by atoms with Gasteiger partial charge in [-0.2, -0.15) is 5.10 Å². The summed E-state index contributed by atoms with van der Waals surface area (Å²) in [6.07, 6.45) is 1.72. The number of primary amides is 1. The summed E-state index contributed by atoms with van der Waals surface area (Å²) in [6.45, 7) is 3.80. The highest BCUT2D eigenvalue weighted by molar-refractivity contribution is 6.03. The molecule has 2 aromatic rings. The molecule has 2 amide bonds. The second kappa shape index (κ2) is 5.56. The molecule has 0 saturated carbocycles. The van der Waals surface area contributed by atoms with Crippen molar-refractivity contribution in [3.63, 3.8) is 0 Å². The number of aryl methyl sites for hydroxylation is 2. The van der Waals surface area contributed by atoms with Crippen LogP contribution < -0.4 is 11.1 Å². The maximum absolute atomic E-state index is 12.0. The standard InChI is InChI=1S/C14H16N4O2/c1-9-3-4-11(14(15)20)12(7-9)16-13(19)8-18-6-5-10(2)17-18/h3-7H,8H2,1-2H3,(H2,15,20)(H,16,19). The van der Waals surface area contributed by atoms with E-state index in [4.69, 9.17) is 5.73 Å². The van der Waals surface area contributed by atoms with Crippen molar-refractivity contribution in [2.75, 3.05) is 5.32 Å². The van der Waals surface area contributed by atoms with E-state index in [-0.39, 0.29) is 12.5 Å². The van der Waals surface area contributed by atoms with Gasteiger partial charge in [0.25, 0.3) is 5.91 Å². The Balaban J connectivity index is 2.15. The van der Waals surface area contributed by atoms with Crippen molar-refractivity contribution in [1.29, 1.82) is 0 Å². The molecular weight excluding hydrogens is 256 g/mol. The highest BCUT2D eigenvalue weighted by Crippen LogP contribution is 2.17. The quantitative estimate of drug-likeness (QED) is 0.877. The lowest BCUT2D eigenvalue weighted by Gasteiger charge is -2.10. The number of benzene rings is 1. The van der Waals surface area contributed by atoms with Crippen LogP contribution in [-0.4, -0.2) is 21.6 Å². The van der Waals surface area contributed by atoms with Gasteiger partial charge in [0.1, 0.15) is 6.54 Å². The van der Waals surface area contributed by atoms with Gasteiger partial charge in [-0.25, -0.2) is 0 Å². The van der Waals surface area contributed by atoms with Crippen molar-refractivity contribution in [3.8, 4) is 0 Å². The lowest BCUT2D eigenvalue weighted by atomic mass is 10.1. The molecule has 20 heavy (non-hydrogen) atoms. The fourth-order valence-corrected chi connectivity index (χ4v) is 1.86. The fraction of sp³-hybridized carbons (Fsp3) is 0.214. The van der Waals surface area contributed by atoms with Crippen molar-refractivity contribution >= 4 is 17.5 Å². The molecule has 0 aliphatic heterocycles. The Morgan fingerprint density at radius 1 is 1.30 bits per heavy atom. The molecule has 1 heterocycles. The van der Waals surface area contributed by atoms with Gasteiger partial charge in [0, 0.05) is 6.20 Å². The van der Waals surface area contributed by atoms with Crippen molar-refractivity contribution in [2.24, 2.45) is 5.73 Å². The zero-order chi connectivity index (χ0) is 14.7. The molecule has 0 radical (unpaired) electrons. The molecule has 2 rings (SSSR count). The minimum atomic E-state index is -0.574. The molecule has 0 unspecified atom stereocenters. The van der Waals surface area contributed by atoms with Crippen molar-refractivity contribution < 1.29 is 9.59 Å². The highest BCUT2D eigenvalue weighted by atomic mass is 16.2. The number of hydrogen-bond acceptors (Lipinski definition) is 3. The number of nitrogens with two attached hydrogens (primary N) is 1. The van der Waals surface area contributed by atoms with Gasteiger partial charge in [-0.05, 0) is 37.6 Å². The van der Waals surface area contributed by atoms with Crippen molar-refractivity contribution in [2.45, 2.75) is 20.4 Å². The highest BCUT2D eigenvalue weighted by Gasteiger charge is 2.11. The van der Waals surface area contributed by atoms with Gasteiger partial charge < -0.3 is 11.1 Å². The van der Waals surface area contributed by atoms with E-state index in [2.05, 4.69) is 10.4 Å². The lowest BCUT2D eigenvalue weighted by molar-refractivity contribution is -0.116. The molecule has 0 atom stereocenters. The van der Waals surface area contributed by atoms with Crippen molar-refractivity contribution in [3.05, 3.63) is 47.3 Å². The molecule has 6 nitrogen and oxygen atoms in total. The lowest BCUT2D eigenvalue weighted by Crippen LogP contribution is -2.22. The van der Waals surface area contributed by atoms with Crippen LogP contribution in [0, 0.1) is 13.8 Å². The molecule has 0 saturated heterocycles. The first-order valence-electron chi connectivity index (χ1n) is 6.16. The predicted octanol–water partition coefficient (Wildman–Crippen LogP) is 1.24. The molecule has 104 valence electrons. The summed E-state index contributed by atoms with van der Waals surface area (Å²) in [4.78, 5) is 23.3. The maximum Gasteiger partial charge on any atom is 0.250 e. The summed E-state index contributed by atoms with van der Waals surface area (Å²) >= 11 is 0. The van der Waals surface area contributed by atoms with Crippen LogP contribution >= 0.6 is 0 Å². The Morgan fingerprint density at radius 2 is 2.05 bits per heavy atom. The molecule has 0 aliphatic rings. The van der Waals surface area contributed by atoms with Crippen LogP contribution in [0.1, 0.15) is 21.6 Å². The van der Waals surface area contributed by atoms with Crippen LogP contribution in [0.5, 0.6) is 0 Å². The Hall–Kier alpha value is -2.63. The number of nitrogens with zero attached hydrogens (tertiary/aromatic N) is 2. The van der Waals surface area contributed by atoms with E-state index >= 15 is 0 Å². The summed E-state index contributed by atoms with van der Waals surface area (Å²) in [5.41, 5.74) is 7.77. The first kappa shape index (κ1) is 13.8. The molecular formula is C14H16N4O2. The predicted molar refractivity (Wildman–Crippen MR) is 75.3 cm³/mol. The maximum atomic E-state index is 12.0. The fourth-order valence-electron chi connectivity index (χ4n) is 1.86. The Bertz CT molecular complexity index is 661. The van der Waals surface area contributed by atoms with Crippen LogP contribution in [0.15, 0.2) is 30.5 Å². The summed E-state index contributed by atoms with van der Waals surface area (Å²) in [5.74, 6) is -0.837. The Morgan fingerprint density at radius 3 is 2.65 bits per heavy atom. The molecule has 0 bridgehead atoms. The van der Waals surface area contributed by atoms with Gasteiger partial charge >= 0.3 is 0 Å². The molecule has 0 fully saturated rings. The normalized spacial score (nSPS) is 10.3. The number of anilines is 1. The number of carbonyl (C=O) groups is 2. The van der Waals surface area contributed by atoms with E-state index in [1.807, 2.05) is 19.9 Å². The zero-order valence-corrected chi connectivity index (χ0v) is 11.4. The average Bonchev–Trinajstić information content (AvgIpc) is 2.74. The number of aromatic nitrogens is 2. The van der Waals surface area contributed by atoms with Crippen LogP contribution in [0.3, 0.4) is 0 Å². The zero-order valence-electron chi connectivity index (χ0n) is 11.4. The third kappa shape index (κ3) is 3.23. The van der Waals surface area contributed by atoms with E-state index in [1.54, 1.807) is 24.4 Å². The first-order valence-corrected chi connectivity index (χ1v) is 6.16. The molecule has 6 heteroatoms. The summed E-state index contributed by atoms with van der Waals surface area (Å²) in [7, 11) is 0. The van der Waals surface area contributed by atoms with Gasteiger partial charge in [0.05, 0.1) is 16.9 Å². The minimum Gasteiger partial charge on any atom is -0.366 e. The largest absolute Gasteiger partial charge is 0.366 e. The third-order valence-corrected chi connectivity index (χ3v) is 2.79. The summed E-state index contributed by atoms with van der Waals surface area (Å²) in [5, 5.41) is 6.82. The van der Waals surface area contributed by atoms with Crippen LogP contribution in [0.4, 0.5) is 5.69 Å².